The third kappa shape index (κ3) is 4.14. The van der Waals surface area contributed by atoms with E-state index >= 15 is 0 Å². The molecule has 0 aliphatic heterocycles. The lowest BCUT2D eigenvalue weighted by Crippen LogP contribution is -2.39. The Kier molecular flexibility index (Phi) is 5.66. The summed E-state index contributed by atoms with van der Waals surface area (Å²) < 4.78 is 0. The van der Waals surface area contributed by atoms with Crippen LogP contribution in [0.3, 0.4) is 0 Å². The van der Waals surface area contributed by atoms with Crippen molar-refractivity contribution < 1.29 is 0 Å². The second kappa shape index (κ2) is 6.52. The van der Waals surface area contributed by atoms with Crippen molar-refractivity contribution in [3.8, 4) is 0 Å². The highest BCUT2D eigenvalue weighted by atomic mass is 14.9. The van der Waals surface area contributed by atoms with Gasteiger partial charge in [-0.2, -0.15) is 0 Å². The van der Waals surface area contributed by atoms with Crippen molar-refractivity contribution in [2.75, 3.05) is 7.05 Å². The van der Waals surface area contributed by atoms with Gasteiger partial charge in [-0.15, -0.1) is 0 Å². The number of rotatable bonds is 5. The molecule has 3 atom stereocenters. The van der Waals surface area contributed by atoms with Gasteiger partial charge < -0.3 is 5.32 Å². The van der Waals surface area contributed by atoms with Crippen molar-refractivity contribution in [3.05, 3.63) is 0 Å². The molecule has 0 amide bonds. The van der Waals surface area contributed by atoms with Crippen LogP contribution in [0.2, 0.25) is 0 Å². The average molecular weight is 211 g/mol. The van der Waals surface area contributed by atoms with Gasteiger partial charge in [0.25, 0.3) is 0 Å². The van der Waals surface area contributed by atoms with E-state index in [-0.39, 0.29) is 0 Å². The summed E-state index contributed by atoms with van der Waals surface area (Å²) in [6.07, 6.45) is 8.55. The highest BCUT2D eigenvalue weighted by Gasteiger charge is 2.29. The Labute approximate surface area is 96.0 Å². The first kappa shape index (κ1) is 13.0. The molecule has 0 aromatic carbocycles. The zero-order chi connectivity index (χ0) is 11.3. The normalized spacial score (nSPS) is 32.2. The van der Waals surface area contributed by atoms with E-state index in [1.165, 1.54) is 38.5 Å². The first-order valence-electron chi connectivity index (χ1n) is 6.84. The fourth-order valence-electron chi connectivity index (χ4n) is 3.28. The Morgan fingerprint density at radius 2 is 2.00 bits per heavy atom. The van der Waals surface area contributed by atoms with Crippen LogP contribution in [0.25, 0.3) is 0 Å². The summed E-state index contributed by atoms with van der Waals surface area (Å²) in [4.78, 5) is 0. The minimum Gasteiger partial charge on any atom is -0.317 e. The Bertz CT molecular complexity index is 165. The molecule has 1 N–H and O–H groups in total. The smallest absolute Gasteiger partial charge is 0.00926 e. The van der Waals surface area contributed by atoms with Gasteiger partial charge in [0.2, 0.25) is 0 Å². The lowest BCUT2D eigenvalue weighted by Gasteiger charge is -2.37. The van der Waals surface area contributed by atoms with Gasteiger partial charge in [0.05, 0.1) is 0 Å². The highest BCUT2D eigenvalue weighted by molar-refractivity contribution is 4.84. The second-order valence-corrected chi connectivity index (χ2v) is 5.75. The Hall–Kier alpha value is -0.0400. The summed E-state index contributed by atoms with van der Waals surface area (Å²) in [6, 6.07) is 0.792. The van der Waals surface area contributed by atoms with E-state index in [1.54, 1.807) is 0 Å². The van der Waals surface area contributed by atoms with Gasteiger partial charge >= 0.3 is 0 Å². The van der Waals surface area contributed by atoms with Crippen molar-refractivity contribution in [2.45, 2.75) is 65.3 Å². The summed E-state index contributed by atoms with van der Waals surface area (Å²) in [7, 11) is 2.14. The summed E-state index contributed by atoms with van der Waals surface area (Å²) in [6.45, 7) is 7.04. The molecule has 90 valence electrons. The van der Waals surface area contributed by atoms with Crippen LogP contribution < -0.4 is 5.32 Å². The summed E-state index contributed by atoms with van der Waals surface area (Å²) >= 11 is 0. The summed E-state index contributed by atoms with van der Waals surface area (Å²) in [5, 5.41) is 3.52. The van der Waals surface area contributed by atoms with Gasteiger partial charge in [-0.3, -0.25) is 0 Å². The molecule has 0 aromatic heterocycles. The van der Waals surface area contributed by atoms with Gasteiger partial charge in [-0.25, -0.2) is 0 Å². The van der Waals surface area contributed by atoms with Crippen LogP contribution in [0.5, 0.6) is 0 Å². The van der Waals surface area contributed by atoms with Crippen LogP contribution in [-0.2, 0) is 0 Å². The molecule has 0 radical (unpaired) electrons. The van der Waals surface area contributed by atoms with Gasteiger partial charge in [-0.05, 0) is 50.5 Å². The maximum Gasteiger partial charge on any atom is 0.00926 e. The molecule has 1 aliphatic rings. The van der Waals surface area contributed by atoms with Crippen LogP contribution in [0.4, 0.5) is 0 Å². The highest BCUT2D eigenvalue weighted by Crippen LogP contribution is 2.35. The van der Waals surface area contributed by atoms with Crippen molar-refractivity contribution in [2.24, 2.45) is 17.8 Å². The fourth-order valence-corrected chi connectivity index (χ4v) is 3.28. The first-order chi connectivity index (χ1) is 7.17. The van der Waals surface area contributed by atoms with E-state index in [0.717, 1.165) is 23.8 Å². The maximum absolute atomic E-state index is 3.52. The molecule has 1 aliphatic carbocycles. The van der Waals surface area contributed by atoms with Crippen molar-refractivity contribution in [1.29, 1.82) is 0 Å². The van der Waals surface area contributed by atoms with Gasteiger partial charge in [0.15, 0.2) is 0 Å². The number of hydrogen-bond acceptors (Lipinski definition) is 1. The molecule has 3 unspecified atom stereocenters. The molecule has 1 nitrogen and oxygen atoms in total. The van der Waals surface area contributed by atoms with E-state index in [1.807, 2.05) is 0 Å². The average Bonchev–Trinajstić information content (AvgIpc) is 2.18. The summed E-state index contributed by atoms with van der Waals surface area (Å²) in [5.41, 5.74) is 0. The molecular weight excluding hydrogens is 182 g/mol. The molecule has 1 saturated carbocycles. The Morgan fingerprint density at radius 3 is 2.53 bits per heavy atom. The predicted octanol–water partition coefficient (Wildman–Crippen LogP) is 3.84. The maximum atomic E-state index is 3.52. The van der Waals surface area contributed by atoms with Crippen LogP contribution in [0, 0.1) is 17.8 Å². The van der Waals surface area contributed by atoms with Crippen molar-refractivity contribution >= 4 is 0 Å². The quantitative estimate of drug-likeness (QED) is 0.728. The largest absolute Gasteiger partial charge is 0.317 e. The van der Waals surface area contributed by atoms with Crippen LogP contribution in [-0.4, -0.2) is 13.1 Å². The minimum absolute atomic E-state index is 0.792. The van der Waals surface area contributed by atoms with Gasteiger partial charge in [-0.1, -0.05) is 33.6 Å². The van der Waals surface area contributed by atoms with E-state index < -0.39 is 0 Å². The SMILES string of the molecule is CCCC1CCC(NC)C(CC(C)C)C1. The number of nitrogens with one attached hydrogen (secondary N) is 1. The third-order valence-electron chi connectivity index (χ3n) is 3.93. The standard InChI is InChI=1S/C14H29N/c1-5-6-12-7-8-14(15-4)13(10-12)9-11(2)3/h11-15H,5-10H2,1-4H3. The van der Waals surface area contributed by atoms with E-state index in [0.29, 0.717) is 0 Å². The molecule has 1 rings (SSSR count). The Morgan fingerprint density at radius 1 is 1.27 bits per heavy atom. The topological polar surface area (TPSA) is 12.0 Å². The van der Waals surface area contributed by atoms with Crippen LogP contribution in [0.1, 0.15) is 59.3 Å². The molecule has 15 heavy (non-hydrogen) atoms. The van der Waals surface area contributed by atoms with E-state index in [2.05, 4.69) is 33.1 Å². The number of hydrogen-bond donors (Lipinski definition) is 1. The second-order valence-electron chi connectivity index (χ2n) is 5.75. The predicted molar refractivity (Wildman–Crippen MR) is 68.0 cm³/mol. The summed E-state index contributed by atoms with van der Waals surface area (Å²) in [5.74, 6) is 2.80. The van der Waals surface area contributed by atoms with Crippen LogP contribution >= 0.6 is 0 Å². The lowest BCUT2D eigenvalue weighted by atomic mass is 9.73. The van der Waals surface area contributed by atoms with E-state index in [9.17, 15) is 0 Å². The van der Waals surface area contributed by atoms with E-state index in [4.69, 9.17) is 0 Å². The molecule has 0 aromatic rings. The van der Waals surface area contributed by atoms with Crippen LogP contribution in [0.15, 0.2) is 0 Å². The lowest BCUT2D eigenvalue weighted by molar-refractivity contribution is 0.178. The fraction of sp³-hybridized carbons (Fsp3) is 1.00. The molecule has 0 spiro atoms. The zero-order valence-corrected chi connectivity index (χ0v) is 11.1. The molecule has 1 fully saturated rings. The molecule has 0 heterocycles. The first-order valence-corrected chi connectivity index (χ1v) is 6.84. The van der Waals surface area contributed by atoms with Crippen molar-refractivity contribution in [3.63, 3.8) is 0 Å². The molecule has 0 bridgehead atoms. The Balaban J connectivity index is 2.45. The monoisotopic (exact) mass is 211 g/mol. The molecule has 0 saturated heterocycles. The minimum atomic E-state index is 0.792. The van der Waals surface area contributed by atoms with Gasteiger partial charge in [0, 0.05) is 6.04 Å². The third-order valence-corrected chi connectivity index (χ3v) is 3.93. The van der Waals surface area contributed by atoms with Crippen molar-refractivity contribution in [1.82, 2.24) is 5.32 Å². The zero-order valence-electron chi connectivity index (χ0n) is 11.1. The van der Waals surface area contributed by atoms with Gasteiger partial charge in [0.1, 0.15) is 0 Å². The molecule has 1 heteroatoms. The molecular formula is C14H29N.